The second-order valence-corrected chi connectivity index (χ2v) is 5.56. The summed E-state index contributed by atoms with van der Waals surface area (Å²) in [6, 6.07) is 1.72. The summed E-state index contributed by atoms with van der Waals surface area (Å²) in [5.41, 5.74) is 1.02. The van der Waals surface area contributed by atoms with E-state index >= 15 is 0 Å². The first kappa shape index (κ1) is 13.5. The van der Waals surface area contributed by atoms with E-state index in [1.165, 1.54) is 33.6 Å². The van der Waals surface area contributed by atoms with Crippen LogP contribution in [0.4, 0.5) is 11.4 Å². The molecule has 0 unspecified atom stereocenters. The number of nitrogens with zero attached hydrogens (tertiary/aromatic N) is 3. The van der Waals surface area contributed by atoms with Gasteiger partial charge in [0.15, 0.2) is 0 Å². The summed E-state index contributed by atoms with van der Waals surface area (Å²) in [7, 11) is 0. The molecule has 0 radical (unpaired) electrons. The van der Waals surface area contributed by atoms with Gasteiger partial charge in [0.2, 0.25) is 5.13 Å². The molecule has 0 saturated heterocycles. The maximum Gasteiger partial charge on any atom is 0.314 e. The van der Waals surface area contributed by atoms with Gasteiger partial charge in [0, 0.05) is 17.0 Å². The molecule has 0 aliphatic rings. The molecule has 3 rings (SSSR count). The van der Waals surface area contributed by atoms with Gasteiger partial charge in [0.25, 0.3) is 0 Å². The van der Waals surface area contributed by atoms with Crippen LogP contribution in [0.5, 0.6) is 0 Å². The lowest BCUT2D eigenvalue weighted by Gasteiger charge is -2.02. The second-order valence-electron chi connectivity index (χ2n) is 3.91. The highest BCUT2D eigenvalue weighted by Gasteiger charge is 2.15. The molecule has 2 amide bonds. The van der Waals surface area contributed by atoms with Gasteiger partial charge in [-0.05, 0) is 11.4 Å². The van der Waals surface area contributed by atoms with Gasteiger partial charge in [-0.2, -0.15) is 16.4 Å². The summed E-state index contributed by atoms with van der Waals surface area (Å²) >= 11 is 2.85. The molecular weight excluding hydrogens is 310 g/mol. The number of nitrogens with one attached hydrogen (secondary N) is 2. The molecule has 0 spiro atoms. The number of amides is 2. The molecule has 0 aliphatic carbocycles. The van der Waals surface area contributed by atoms with Crippen molar-refractivity contribution in [1.82, 2.24) is 14.8 Å². The van der Waals surface area contributed by atoms with Crippen LogP contribution in [0, 0.1) is 0 Å². The zero-order valence-corrected chi connectivity index (χ0v) is 12.1. The molecule has 3 aromatic rings. The van der Waals surface area contributed by atoms with Gasteiger partial charge in [-0.3, -0.25) is 9.59 Å². The van der Waals surface area contributed by atoms with Crippen molar-refractivity contribution in [3.05, 3.63) is 40.8 Å². The molecule has 3 aromatic heterocycles. The van der Waals surface area contributed by atoms with E-state index in [1.54, 1.807) is 23.8 Å². The number of thiazole rings is 1. The summed E-state index contributed by atoms with van der Waals surface area (Å²) in [5, 5.41) is 15.1. The molecular formula is C12H9N5O2S2. The fourth-order valence-corrected chi connectivity index (χ4v) is 2.69. The smallest absolute Gasteiger partial charge is 0.314 e. The van der Waals surface area contributed by atoms with Gasteiger partial charge >= 0.3 is 11.8 Å². The molecule has 0 aromatic carbocycles. The average Bonchev–Trinajstić information content (AvgIpc) is 3.20. The average molecular weight is 319 g/mol. The van der Waals surface area contributed by atoms with E-state index in [-0.39, 0.29) is 0 Å². The Bertz CT molecular complexity index is 749. The topological polar surface area (TPSA) is 88.9 Å². The first-order valence-electron chi connectivity index (χ1n) is 5.81. The van der Waals surface area contributed by atoms with E-state index < -0.39 is 11.8 Å². The van der Waals surface area contributed by atoms with Crippen molar-refractivity contribution in [3.63, 3.8) is 0 Å². The summed E-state index contributed by atoms with van der Waals surface area (Å²) < 4.78 is 1.52. The van der Waals surface area contributed by atoms with E-state index in [0.717, 1.165) is 0 Å². The Labute approximate surface area is 127 Å². The van der Waals surface area contributed by atoms with Crippen molar-refractivity contribution in [2.24, 2.45) is 0 Å². The van der Waals surface area contributed by atoms with E-state index in [1.807, 2.05) is 10.8 Å². The molecule has 7 nitrogen and oxygen atoms in total. The largest absolute Gasteiger partial charge is 0.317 e. The number of rotatable bonds is 3. The number of anilines is 2. The molecule has 9 heteroatoms. The number of aromatic nitrogens is 3. The highest BCUT2D eigenvalue weighted by molar-refractivity contribution is 7.12. The van der Waals surface area contributed by atoms with Crippen molar-refractivity contribution in [2.75, 3.05) is 10.6 Å². The Balaban J connectivity index is 1.63. The van der Waals surface area contributed by atoms with Crippen molar-refractivity contribution in [1.29, 1.82) is 0 Å². The molecule has 0 saturated carbocycles. The predicted octanol–water partition coefficient (Wildman–Crippen LogP) is 1.97. The third kappa shape index (κ3) is 3.15. The van der Waals surface area contributed by atoms with Crippen LogP contribution in [0.2, 0.25) is 0 Å². The monoisotopic (exact) mass is 319 g/mol. The van der Waals surface area contributed by atoms with Crippen LogP contribution in [0.15, 0.2) is 40.8 Å². The summed E-state index contributed by atoms with van der Waals surface area (Å²) in [5.74, 6) is -1.48. The maximum atomic E-state index is 11.8. The van der Waals surface area contributed by atoms with Crippen molar-refractivity contribution in [2.45, 2.75) is 0 Å². The second kappa shape index (κ2) is 5.85. The summed E-state index contributed by atoms with van der Waals surface area (Å²) in [6.07, 6.45) is 4.71. The number of thiophene rings is 1. The Morgan fingerprint density at radius 3 is 2.62 bits per heavy atom. The van der Waals surface area contributed by atoms with Crippen LogP contribution < -0.4 is 10.6 Å². The van der Waals surface area contributed by atoms with Crippen LogP contribution >= 0.6 is 22.7 Å². The third-order valence-corrected chi connectivity index (χ3v) is 3.89. The molecule has 106 valence electrons. The first-order valence-corrected chi connectivity index (χ1v) is 7.64. The molecule has 0 fully saturated rings. The fourth-order valence-electron chi connectivity index (χ4n) is 1.53. The Morgan fingerprint density at radius 1 is 1.14 bits per heavy atom. The lowest BCUT2D eigenvalue weighted by molar-refractivity contribution is -0.132. The Kier molecular flexibility index (Phi) is 3.75. The van der Waals surface area contributed by atoms with Crippen LogP contribution in [-0.4, -0.2) is 26.6 Å². The molecule has 0 bridgehead atoms. The van der Waals surface area contributed by atoms with Crippen LogP contribution in [0.3, 0.4) is 0 Å². The molecule has 3 heterocycles. The fraction of sp³-hybridized carbons (Fsp3) is 0. The van der Waals surface area contributed by atoms with E-state index in [2.05, 4.69) is 20.7 Å². The van der Waals surface area contributed by atoms with Crippen molar-refractivity contribution >= 4 is 45.9 Å². The highest BCUT2D eigenvalue weighted by atomic mass is 32.1. The van der Waals surface area contributed by atoms with Gasteiger partial charge in [0.05, 0.1) is 23.8 Å². The lowest BCUT2D eigenvalue weighted by atomic mass is 10.4. The minimum atomic E-state index is -0.750. The normalized spacial score (nSPS) is 10.3. The zero-order chi connectivity index (χ0) is 14.7. The van der Waals surface area contributed by atoms with Crippen molar-refractivity contribution < 1.29 is 9.59 Å². The third-order valence-electron chi connectivity index (χ3n) is 2.44. The van der Waals surface area contributed by atoms with Gasteiger partial charge in [-0.15, -0.1) is 11.3 Å². The molecule has 2 N–H and O–H groups in total. The molecule has 0 aliphatic heterocycles. The van der Waals surface area contributed by atoms with Gasteiger partial charge in [0.1, 0.15) is 0 Å². The van der Waals surface area contributed by atoms with Crippen LogP contribution in [-0.2, 0) is 9.59 Å². The lowest BCUT2D eigenvalue weighted by Crippen LogP contribution is -2.28. The molecule has 0 atom stereocenters. The number of carbonyl (C=O) groups excluding carboxylic acids is 2. The Morgan fingerprint density at radius 2 is 1.95 bits per heavy atom. The van der Waals surface area contributed by atoms with Crippen molar-refractivity contribution in [3.8, 4) is 5.13 Å². The van der Waals surface area contributed by atoms with Gasteiger partial charge in [-0.1, -0.05) is 0 Å². The van der Waals surface area contributed by atoms with Gasteiger partial charge in [-0.25, -0.2) is 9.67 Å². The zero-order valence-electron chi connectivity index (χ0n) is 10.5. The minimum Gasteiger partial charge on any atom is -0.317 e. The summed E-state index contributed by atoms with van der Waals surface area (Å²) in [4.78, 5) is 27.6. The first-order chi connectivity index (χ1) is 10.2. The highest BCUT2D eigenvalue weighted by Crippen LogP contribution is 2.14. The van der Waals surface area contributed by atoms with E-state index in [4.69, 9.17) is 0 Å². The molecule has 21 heavy (non-hydrogen) atoms. The number of hydrogen-bond donors (Lipinski definition) is 2. The van der Waals surface area contributed by atoms with Crippen LogP contribution in [0.1, 0.15) is 0 Å². The number of carbonyl (C=O) groups is 2. The SMILES string of the molecule is O=C(Nc1ccsc1)C(=O)Nc1cnn(-c2nccs2)c1. The summed E-state index contributed by atoms with van der Waals surface area (Å²) in [6.45, 7) is 0. The maximum absolute atomic E-state index is 11.8. The minimum absolute atomic E-state index is 0.427. The standard InChI is InChI=1S/C12H9N5O2S2/c18-10(15-8-1-3-20-7-8)11(19)16-9-5-14-17(6-9)12-13-2-4-21-12/h1-7H,(H,15,18)(H,16,19). The number of hydrogen-bond acceptors (Lipinski definition) is 6. The quantitative estimate of drug-likeness (QED) is 0.722. The van der Waals surface area contributed by atoms with E-state index in [0.29, 0.717) is 16.5 Å². The van der Waals surface area contributed by atoms with Gasteiger partial charge < -0.3 is 10.6 Å². The van der Waals surface area contributed by atoms with E-state index in [9.17, 15) is 9.59 Å². The Hall–Kier alpha value is -2.52. The van der Waals surface area contributed by atoms with Crippen LogP contribution in [0.25, 0.3) is 5.13 Å². The predicted molar refractivity (Wildman–Crippen MR) is 80.8 cm³/mol.